The fourth-order valence-corrected chi connectivity index (χ4v) is 3.50. The van der Waals surface area contributed by atoms with Crippen LogP contribution in [0.25, 0.3) is 0 Å². The third kappa shape index (κ3) is 6.01. The molecule has 1 aliphatic heterocycles. The van der Waals surface area contributed by atoms with E-state index in [1.165, 1.54) is 42.9 Å². The van der Waals surface area contributed by atoms with Crippen LogP contribution in [0.3, 0.4) is 0 Å². The number of aliphatic hydroxyl groups is 2. The van der Waals surface area contributed by atoms with Gasteiger partial charge in [0.05, 0.1) is 6.61 Å². The van der Waals surface area contributed by atoms with Crippen LogP contribution in [0, 0.1) is 6.92 Å². The lowest BCUT2D eigenvalue weighted by Gasteiger charge is -2.22. The Hall–Kier alpha value is -1.48. The van der Waals surface area contributed by atoms with Crippen molar-refractivity contribution in [1.29, 1.82) is 0 Å². The van der Waals surface area contributed by atoms with Gasteiger partial charge in [0, 0.05) is 18.4 Å². The number of aromatic amines is 1. The minimum absolute atomic E-state index is 0.354. The van der Waals surface area contributed by atoms with Crippen molar-refractivity contribution in [2.24, 2.45) is 0 Å². The fraction of sp³-hybridized carbons (Fsp3) is 0.800. The van der Waals surface area contributed by atoms with E-state index >= 15 is 0 Å². The number of ether oxygens (including phenoxy) is 2. The summed E-state index contributed by atoms with van der Waals surface area (Å²) in [6, 6.07) is 0. The first kappa shape index (κ1) is 22.8. The first-order chi connectivity index (χ1) is 13.5. The number of aromatic nitrogens is 2. The van der Waals surface area contributed by atoms with Gasteiger partial charge in [0.15, 0.2) is 6.23 Å². The van der Waals surface area contributed by atoms with Crippen LogP contribution in [0.4, 0.5) is 0 Å². The SMILES string of the molecule is CCCCCCCCCCO[C@@H]1[C@H](O)[C@@H](CO)O[C@H]1n1cc(C)c(=O)[nH]c1=O. The largest absolute Gasteiger partial charge is 0.394 e. The highest BCUT2D eigenvalue weighted by Gasteiger charge is 2.45. The van der Waals surface area contributed by atoms with Gasteiger partial charge in [0.1, 0.15) is 18.3 Å². The summed E-state index contributed by atoms with van der Waals surface area (Å²) in [7, 11) is 0. The first-order valence-electron chi connectivity index (χ1n) is 10.4. The van der Waals surface area contributed by atoms with Gasteiger partial charge in [0.25, 0.3) is 5.56 Å². The van der Waals surface area contributed by atoms with Crippen LogP contribution in [-0.2, 0) is 9.47 Å². The van der Waals surface area contributed by atoms with Gasteiger partial charge < -0.3 is 19.7 Å². The van der Waals surface area contributed by atoms with Crippen molar-refractivity contribution in [3.05, 3.63) is 32.6 Å². The third-order valence-corrected chi connectivity index (χ3v) is 5.22. The number of hydrogen-bond donors (Lipinski definition) is 3. The standard InChI is InChI=1S/C20H34N2O6/c1-3-4-5-6-7-8-9-10-11-27-17-16(24)15(13-23)28-19(17)22-12-14(2)18(25)21-20(22)26/h12,15-17,19,23-24H,3-11,13H2,1-2H3,(H,21,25,26)/t15-,16-,17-,19-/m1/s1. The predicted octanol–water partition coefficient (Wildman–Crippen LogP) is 1.62. The number of H-pyrrole nitrogens is 1. The van der Waals surface area contributed by atoms with Crippen LogP contribution < -0.4 is 11.2 Å². The summed E-state index contributed by atoms with van der Waals surface area (Å²) < 4.78 is 12.7. The van der Waals surface area contributed by atoms with E-state index in [-0.39, 0.29) is 6.61 Å². The van der Waals surface area contributed by atoms with Gasteiger partial charge in [-0.1, -0.05) is 51.9 Å². The number of hydrogen-bond acceptors (Lipinski definition) is 6. The molecule has 1 fully saturated rings. The van der Waals surface area contributed by atoms with E-state index in [9.17, 15) is 19.8 Å². The molecule has 160 valence electrons. The highest BCUT2D eigenvalue weighted by molar-refractivity contribution is 5.03. The van der Waals surface area contributed by atoms with E-state index in [2.05, 4.69) is 11.9 Å². The summed E-state index contributed by atoms with van der Waals surface area (Å²) in [5.74, 6) is 0. The molecule has 8 heteroatoms. The molecule has 0 unspecified atom stereocenters. The quantitative estimate of drug-likeness (QED) is 0.461. The Balaban J connectivity index is 1.90. The molecule has 2 heterocycles. The molecule has 1 aromatic rings. The van der Waals surface area contributed by atoms with Crippen molar-refractivity contribution in [2.45, 2.75) is 89.8 Å². The molecule has 0 amide bonds. The van der Waals surface area contributed by atoms with Crippen molar-refractivity contribution >= 4 is 0 Å². The Morgan fingerprint density at radius 3 is 2.43 bits per heavy atom. The van der Waals surface area contributed by atoms with Crippen LogP contribution in [0.15, 0.2) is 15.8 Å². The molecule has 2 rings (SSSR count). The molecule has 1 aromatic heterocycles. The summed E-state index contributed by atoms with van der Waals surface area (Å²) in [6.45, 7) is 3.84. The molecule has 0 bridgehead atoms. The van der Waals surface area contributed by atoms with Gasteiger partial charge in [-0.2, -0.15) is 0 Å². The highest BCUT2D eigenvalue weighted by atomic mass is 16.6. The Morgan fingerprint density at radius 2 is 1.79 bits per heavy atom. The van der Waals surface area contributed by atoms with Crippen LogP contribution in [0.5, 0.6) is 0 Å². The lowest BCUT2D eigenvalue weighted by Crippen LogP contribution is -2.40. The molecule has 1 aliphatic rings. The monoisotopic (exact) mass is 398 g/mol. The topological polar surface area (TPSA) is 114 Å². The second-order valence-electron chi connectivity index (χ2n) is 7.53. The van der Waals surface area contributed by atoms with E-state index in [0.29, 0.717) is 12.2 Å². The van der Waals surface area contributed by atoms with Crippen molar-refractivity contribution < 1.29 is 19.7 Å². The van der Waals surface area contributed by atoms with Gasteiger partial charge in [-0.15, -0.1) is 0 Å². The molecule has 0 aromatic carbocycles. The molecule has 0 aliphatic carbocycles. The van der Waals surface area contributed by atoms with Gasteiger partial charge in [0.2, 0.25) is 0 Å². The second kappa shape index (κ2) is 11.5. The summed E-state index contributed by atoms with van der Waals surface area (Å²) in [4.78, 5) is 26.0. The van der Waals surface area contributed by atoms with E-state index in [1.54, 1.807) is 6.92 Å². The smallest absolute Gasteiger partial charge is 0.330 e. The number of aryl methyl sites for hydroxylation is 1. The minimum atomic E-state index is -1.05. The maximum atomic E-state index is 12.2. The molecule has 4 atom stereocenters. The maximum absolute atomic E-state index is 12.2. The normalized spacial score (nSPS) is 24.7. The van der Waals surface area contributed by atoms with E-state index in [1.807, 2.05) is 0 Å². The molecule has 0 radical (unpaired) electrons. The van der Waals surface area contributed by atoms with Gasteiger partial charge in [-0.25, -0.2) is 4.79 Å². The zero-order chi connectivity index (χ0) is 20.5. The fourth-order valence-electron chi connectivity index (χ4n) is 3.50. The zero-order valence-electron chi connectivity index (χ0n) is 16.9. The predicted molar refractivity (Wildman–Crippen MR) is 105 cm³/mol. The highest BCUT2D eigenvalue weighted by Crippen LogP contribution is 2.31. The molecule has 8 nitrogen and oxygen atoms in total. The van der Waals surface area contributed by atoms with Crippen molar-refractivity contribution in [3.63, 3.8) is 0 Å². The molecule has 28 heavy (non-hydrogen) atoms. The van der Waals surface area contributed by atoms with Crippen LogP contribution in [0.1, 0.15) is 70.1 Å². The average molecular weight is 399 g/mol. The number of nitrogens with zero attached hydrogens (tertiary/aromatic N) is 1. The Labute approximate surface area is 165 Å². The minimum Gasteiger partial charge on any atom is -0.394 e. The van der Waals surface area contributed by atoms with Crippen molar-refractivity contribution in [3.8, 4) is 0 Å². The van der Waals surface area contributed by atoms with Crippen molar-refractivity contribution in [1.82, 2.24) is 9.55 Å². The number of aliphatic hydroxyl groups excluding tert-OH is 2. The molecular formula is C20H34N2O6. The maximum Gasteiger partial charge on any atom is 0.330 e. The third-order valence-electron chi connectivity index (χ3n) is 5.22. The van der Waals surface area contributed by atoms with E-state index in [4.69, 9.17) is 9.47 Å². The molecule has 3 N–H and O–H groups in total. The lowest BCUT2D eigenvalue weighted by molar-refractivity contribution is -0.0750. The van der Waals surface area contributed by atoms with Crippen LogP contribution in [-0.4, -0.2) is 51.3 Å². The Morgan fingerprint density at radius 1 is 1.14 bits per heavy atom. The van der Waals surface area contributed by atoms with E-state index in [0.717, 1.165) is 19.3 Å². The molecule has 1 saturated heterocycles. The summed E-state index contributed by atoms with van der Waals surface area (Å²) in [5, 5.41) is 19.9. The number of nitrogens with one attached hydrogen (secondary N) is 1. The van der Waals surface area contributed by atoms with Crippen LogP contribution >= 0.6 is 0 Å². The first-order valence-corrected chi connectivity index (χ1v) is 10.4. The molecule has 0 saturated carbocycles. The van der Waals surface area contributed by atoms with Crippen LogP contribution in [0.2, 0.25) is 0 Å². The number of unbranched alkanes of at least 4 members (excludes halogenated alkanes) is 7. The van der Waals surface area contributed by atoms with Gasteiger partial charge in [-0.05, 0) is 13.3 Å². The lowest BCUT2D eigenvalue weighted by atomic mass is 10.1. The molecular weight excluding hydrogens is 364 g/mol. The summed E-state index contributed by atoms with van der Waals surface area (Å²) in [6.07, 6.45) is 7.17. The van der Waals surface area contributed by atoms with Gasteiger partial charge in [-0.3, -0.25) is 14.3 Å². The number of rotatable bonds is 12. The van der Waals surface area contributed by atoms with E-state index < -0.39 is 35.8 Å². The molecule has 0 spiro atoms. The zero-order valence-corrected chi connectivity index (χ0v) is 16.9. The van der Waals surface area contributed by atoms with Gasteiger partial charge >= 0.3 is 5.69 Å². The Bertz CT molecular complexity index is 701. The average Bonchev–Trinajstić information content (AvgIpc) is 2.99. The summed E-state index contributed by atoms with van der Waals surface area (Å²) in [5.41, 5.74) is -0.742. The Kier molecular flexibility index (Phi) is 9.37. The van der Waals surface area contributed by atoms with Crippen molar-refractivity contribution in [2.75, 3.05) is 13.2 Å². The summed E-state index contributed by atoms with van der Waals surface area (Å²) >= 11 is 0. The second-order valence-corrected chi connectivity index (χ2v) is 7.53.